The van der Waals surface area contributed by atoms with Crippen molar-refractivity contribution in [2.75, 3.05) is 6.61 Å². The number of hydrogen-bond acceptors (Lipinski definition) is 3. The minimum atomic E-state index is -0.200. The van der Waals surface area contributed by atoms with Gasteiger partial charge in [0, 0.05) is 6.42 Å². The summed E-state index contributed by atoms with van der Waals surface area (Å²) in [5.74, 6) is -0.373. The van der Waals surface area contributed by atoms with Crippen LogP contribution in [0.4, 0.5) is 0 Å². The molecule has 0 aromatic carbocycles. The summed E-state index contributed by atoms with van der Waals surface area (Å²) in [5.41, 5.74) is 0. The molecule has 3 heteroatoms. The summed E-state index contributed by atoms with van der Waals surface area (Å²) in [6.07, 6.45) is 6.13. The highest BCUT2D eigenvalue weighted by atomic mass is 16.5. The largest absolute Gasteiger partial charge is 0.464 e. The van der Waals surface area contributed by atoms with Gasteiger partial charge in [-0.15, -0.1) is 0 Å². The highest BCUT2D eigenvalue weighted by Crippen LogP contribution is 2.06. The maximum absolute atomic E-state index is 11.2. The minimum Gasteiger partial charge on any atom is -0.464 e. The van der Waals surface area contributed by atoms with E-state index in [1.807, 2.05) is 6.07 Å². The van der Waals surface area contributed by atoms with E-state index in [1.165, 1.54) is 19.3 Å². The number of carbonyl (C=O) groups excluding carboxylic acids is 1. The van der Waals surface area contributed by atoms with Crippen LogP contribution in [0.1, 0.15) is 52.4 Å². The van der Waals surface area contributed by atoms with Crippen molar-refractivity contribution in [1.82, 2.24) is 0 Å². The molecule has 0 aromatic heterocycles. The van der Waals surface area contributed by atoms with Crippen LogP contribution in [0.25, 0.3) is 0 Å². The topological polar surface area (TPSA) is 50.1 Å². The molecule has 0 fully saturated rings. The molecule has 0 spiro atoms. The van der Waals surface area contributed by atoms with Crippen LogP contribution in [0.3, 0.4) is 0 Å². The molecular weight excluding hydrogens is 190 g/mol. The van der Waals surface area contributed by atoms with E-state index in [0.29, 0.717) is 6.42 Å². The summed E-state index contributed by atoms with van der Waals surface area (Å²) >= 11 is 0. The Morgan fingerprint density at radius 2 is 2.00 bits per heavy atom. The van der Waals surface area contributed by atoms with E-state index in [9.17, 15) is 4.79 Å². The molecule has 0 heterocycles. The quantitative estimate of drug-likeness (QED) is 0.458. The number of rotatable bonds is 8. The lowest BCUT2D eigenvalue weighted by atomic mass is 10.1. The minimum absolute atomic E-state index is 0.173. The van der Waals surface area contributed by atoms with Crippen LogP contribution in [0.5, 0.6) is 0 Å². The first kappa shape index (κ1) is 14.0. The van der Waals surface area contributed by atoms with Crippen molar-refractivity contribution < 1.29 is 9.53 Å². The molecule has 0 saturated carbocycles. The van der Waals surface area contributed by atoms with Crippen LogP contribution in [0.2, 0.25) is 0 Å². The molecule has 0 aliphatic carbocycles. The van der Waals surface area contributed by atoms with E-state index in [4.69, 9.17) is 10.00 Å². The predicted octanol–water partition coefficient (Wildman–Crippen LogP) is 3.05. The van der Waals surface area contributed by atoms with Gasteiger partial charge in [0.1, 0.15) is 6.61 Å². The van der Waals surface area contributed by atoms with Crippen LogP contribution in [-0.2, 0) is 9.53 Å². The van der Waals surface area contributed by atoms with E-state index >= 15 is 0 Å². The third-order valence-corrected chi connectivity index (χ3v) is 2.20. The van der Waals surface area contributed by atoms with E-state index in [2.05, 4.69) is 6.92 Å². The molecule has 0 aliphatic heterocycles. The highest BCUT2D eigenvalue weighted by Gasteiger charge is 2.05. The molecule has 0 saturated heterocycles. The van der Waals surface area contributed by atoms with Crippen molar-refractivity contribution in [3.05, 3.63) is 0 Å². The number of carbonyl (C=O) groups is 1. The molecule has 86 valence electrons. The zero-order valence-electron chi connectivity index (χ0n) is 9.79. The van der Waals surface area contributed by atoms with E-state index in [-0.39, 0.29) is 18.5 Å². The molecule has 15 heavy (non-hydrogen) atoms. The van der Waals surface area contributed by atoms with Gasteiger partial charge in [0.2, 0.25) is 0 Å². The molecule has 1 atom stereocenters. The Morgan fingerprint density at radius 3 is 2.60 bits per heavy atom. The van der Waals surface area contributed by atoms with E-state index in [1.54, 1.807) is 6.92 Å². The molecule has 0 bridgehead atoms. The lowest BCUT2D eigenvalue weighted by Crippen LogP contribution is -2.10. The van der Waals surface area contributed by atoms with Crippen LogP contribution in [-0.4, -0.2) is 12.6 Å². The molecule has 3 nitrogen and oxygen atoms in total. The van der Waals surface area contributed by atoms with Crippen molar-refractivity contribution in [2.24, 2.45) is 5.92 Å². The molecule has 0 N–H and O–H groups in total. The first-order valence-corrected chi connectivity index (χ1v) is 5.76. The molecule has 0 aromatic rings. The maximum Gasteiger partial charge on any atom is 0.305 e. The number of nitrogens with zero attached hydrogens (tertiary/aromatic N) is 1. The summed E-state index contributed by atoms with van der Waals surface area (Å²) in [5, 5.41) is 8.48. The average molecular weight is 211 g/mol. The molecule has 0 radical (unpaired) electrons. The smallest absolute Gasteiger partial charge is 0.305 e. The van der Waals surface area contributed by atoms with E-state index < -0.39 is 0 Å². The second kappa shape index (κ2) is 9.51. The zero-order chi connectivity index (χ0) is 11.5. The van der Waals surface area contributed by atoms with Gasteiger partial charge < -0.3 is 4.74 Å². The Kier molecular flexibility index (Phi) is 8.85. The van der Waals surface area contributed by atoms with Crippen molar-refractivity contribution in [3.63, 3.8) is 0 Å². The number of esters is 1. The number of unbranched alkanes of at least 4 members (excludes halogenated alkanes) is 4. The molecule has 0 rings (SSSR count). The molecular formula is C12H21NO2. The van der Waals surface area contributed by atoms with Crippen LogP contribution < -0.4 is 0 Å². The fourth-order valence-electron chi connectivity index (χ4n) is 1.20. The van der Waals surface area contributed by atoms with Gasteiger partial charge in [-0.2, -0.15) is 5.26 Å². The average Bonchev–Trinajstić information content (AvgIpc) is 2.25. The Hall–Kier alpha value is -1.04. The molecule has 1 unspecified atom stereocenters. The number of ether oxygens (including phenoxy) is 1. The van der Waals surface area contributed by atoms with Gasteiger partial charge >= 0.3 is 5.97 Å². The Morgan fingerprint density at radius 1 is 1.33 bits per heavy atom. The monoisotopic (exact) mass is 211 g/mol. The summed E-state index contributed by atoms with van der Waals surface area (Å²) < 4.78 is 4.94. The lowest BCUT2D eigenvalue weighted by Gasteiger charge is -2.05. The van der Waals surface area contributed by atoms with Crippen LogP contribution in [0, 0.1) is 17.2 Å². The van der Waals surface area contributed by atoms with Gasteiger partial charge in [0.15, 0.2) is 0 Å². The third-order valence-electron chi connectivity index (χ3n) is 2.20. The number of hydrogen-bond donors (Lipinski definition) is 0. The normalized spacial score (nSPS) is 11.8. The first-order valence-electron chi connectivity index (χ1n) is 5.76. The van der Waals surface area contributed by atoms with E-state index in [0.717, 1.165) is 12.8 Å². The Labute approximate surface area is 92.4 Å². The van der Waals surface area contributed by atoms with Crippen molar-refractivity contribution in [3.8, 4) is 6.07 Å². The fourth-order valence-corrected chi connectivity index (χ4v) is 1.20. The van der Waals surface area contributed by atoms with Gasteiger partial charge in [0.05, 0.1) is 12.0 Å². The van der Waals surface area contributed by atoms with Gasteiger partial charge in [0.25, 0.3) is 0 Å². The third kappa shape index (κ3) is 9.27. The summed E-state index contributed by atoms with van der Waals surface area (Å²) in [6.45, 7) is 4.14. The SMILES string of the molecule is CCCCCCCC(=O)OCC(C)C#N. The van der Waals surface area contributed by atoms with Gasteiger partial charge in [-0.25, -0.2) is 0 Å². The zero-order valence-corrected chi connectivity index (χ0v) is 9.79. The first-order chi connectivity index (χ1) is 7.20. The summed E-state index contributed by atoms with van der Waals surface area (Å²) in [6, 6.07) is 2.03. The fraction of sp³-hybridized carbons (Fsp3) is 0.833. The highest BCUT2D eigenvalue weighted by molar-refractivity contribution is 5.69. The summed E-state index contributed by atoms with van der Waals surface area (Å²) in [7, 11) is 0. The van der Waals surface area contributed by atoms with Crippen LogP contribution >= 0.6 is 0 Å². The van der Waals surface area contributed by atoms with Crippen LogP contribution in [0.15, 0.2) is 0 Å². The van der Waals surface area contributed by atoms with Gasteiger partial charge in [-0.3, -0.25) is 4.79 Å². The van der Waals surface area contributed by atoms with Crippen molar-refractivity contribution in [2.45, 2.75) is 52.4 Å². The van der Waals surface area contributed by atoms with Crippen molar-refractivity contribution >= 4 is 5.97 Å². The van der Waals surface area contributed by atoms with Gasteiger partial charge in [-0.05, 0) is 13.3 Å². The Bertz CT molecular complexity index is 208. The lowest BCUT2D eigenvalue weighted by molar-refractivity contribution is -0.144. The predicted molar refractivity (Wildman–Crippen MR) is 59.1 cm³/mol. The summed E-state index contributed by atoms with van der Waals surface area (Å²) in [4.78, 5) is 11.2. The Balaban J connectivity index is 3.31. The van der Waals surface area contributed by atoms with Gasteiger partial charge in [-0.1, -0.05) is 32.6 Å². The standard InChI is InChI=1S/C12H21NO2/c1-3-4-5-6-7-8-12(14)15-10-11(2)9-13/h11H,3-8,10H2,1-2H3. The second-order valence-corrected chi connectivity index (χ2v) is 3.88. The molecule has 0 aliphatic rings. The number of nitriles is 1. The molecule has 0 amide bonds. The maximum atomic E-state index is 11.2. The van der Waals surface area contributed by atoms with Crippen molar-refractivity contribution in [1.29, 1.82) is 5.26 Å². The second-order valence-electron chi connectivity index (χ2n) is 3.88.